The van der Waals surface area contributed by atoms with Crippen molar-refractivity contribution < 1.29 is 22.7 Å². The molecule has 0 aliphatic rings. The Morgan fingerprint density at radius 2 is 1.69 bits per heavy atom. The molecule has 1 N–H and O–H groups in total. The Balaban J connectivity index is 2.29. The van der Waals surface area contributed by atoms with Crippen LogP contribution in [0.15, 0.2) is 53.4 Å². The quantitative estimate of drug-likeness (QED) is 0.404. The van der Waals surface area contributed by atoms with E-state index in [1.165, 1.54) is 36.2 Å². The number of ether oxygens (including phenoxy) is 1. The van der Waals surface area contributed by atoms with Gasteiger partial charge in [0.25, 0.3) is 0 Å². The molecule has 0 saturated carbocycles. The molecule has 0 saturated heterocycles. The lowest BCUT2D eigenvalue weighted by atomic mass is 10.1. The second-order valence-corrected chi connectivity index (χ2v) is 10.6. The predicted octanol–water partition coefficient (Wildman–Crippen LogP) is 3.69. The van der Waals surface area contributed by atoms with Gasteiger partial charge in [-0.25, -0.2) is 8.42 Å². The minimum absolute atomic E-state index is 0.0308. The highest BCUT2D eigenvalue weighted by Crippen LogP contribution is 2.20. The van der Waals surface area contributed by atoms with Gasteiger partial charge in [0.2, 0.25) is 21.8 Å². The molecule has 8 nitrogen and oxygen atoms in total. The van der Waals surface area contributed by atoms with Crippen LogP contribution in [0.4, 0.5) is 0 Å². The molecule has 2 rings (SSSR count). The number of sulfonamides is 1. The number of benzene rings is 2. The molecule has 192 valence electrons. The Hall–Kier alpha value is -2.62. The molecule has 10 heteroatoms. The Bertz CT molecular complexity index is 1080. The van der Waals surface area contributed by atoms with Crippen molar-refractivity contribution in [1.29, 1.82) is 0 Å². The molecule has 2 aromatic rings. The van der Waals surface area contributed by atoms with E-state index in [1.807, 2.05) is 26.0 Å². The summed E-state index contributed by atoms with van der Waals surface area (Å²) in [4.78, 5) is 27.9. The van der Waals surface area contributed by atoms with Crippen LogP contribution in [-0.2, 0) is 26.2 Å². The van der Waals surface area contributed by atoms with Gasteiger partial charge in [-0.1, -0.05) is 44.0 Å². The number of likely N-dealkylation sites (N-methyl/N-ethyl adjacent to an activating group) is 1. The number of rotatable bonds is 13. The van der Waals surface area contributed by atoms with Crippen LogP contribution in [0.1, 0.15) is 38.7 Å². The minimum atomic E-state index is -3.93. The summed E-state index contributed by atoms with van der Waals surface area (Å²) in [6.07, 6.45) is 2.14. The highest BCUT2D eigenvalue weighted by molar-refractivity contribution is 7.89. The number of methoxy groups -OCH3 is 1. The summed E-state index contributed by atoms with van der Waals surface area (Å²) in [5.74, 6) is -0.0610. The Morgan fingerprint density at radius 1 is 1.06 bits per heavy atom. The second-order valence-electron chi connectivity index (χ2n) is 8.15. The van der Waals surface area contributed by atoms with Gasteiger partial charge in [-0.15, -0.1) is 0 Å². The molecule has 0 aliphatic carbocycles. The normalized spacial score (nSPS) is 12.3. The van der Waals surface area contributed by atoms with E-state index in [9.17, 15) is 18.0 Å². The first-order valence-electron chi connectivity index (χ1n) is 11.6. The number of nitrogens with one attached hydrogen (secondary N) is 1. The molecule has 2 amide bonds. The van der Waals surface area contributed by atoms with Crippen LogP contribution >= 0.6 is 11.6 Å². The van der Waals surface area contributed by atoms with E-state index in [2.05, 4.69) is 5.32 Å². The topological polar surface area (TPSA) is 96.0 Å². The van der Waals surface area contributed by atoms with Crippen molar-refractivity contribution in [1.82, 2.24) is 14.5 Å². The number of nitrogens with zero attached hydrogens (tertiary/aromatic N) is 2. The van der Waals surface area contributed by atoms with E-state index < -0.39 is 28.5 Å². The van der Waals surface area contributed by atoms with Crippen molar-refractivity contribution in [2.24, 2.45) is 0 Å². The summed E-state index contributed by atoms with van der Waals surface area (Å²) >= 11 is 5.87. The molecule has 0 bridgehead atoms. The third-order valence-corrected chi connectivity index (χ3v) is 7.68. The van der Waals surface area contributed by atoms with E-state index in [4.69, 9.17) is 16.3 Å². The van der Waals surface area contributed by atoms with E-state index in [-0.39, 0.29) is 17.3 Å². The van der Waals surface area contributed by atoms with Crippen LogP contribution < -0.4 is 10.1 Å². The zero-order chi connectivity index (χ0) is 26.0. The molecule has 0 aromatic heterocycles. The van der Waals surface area contributed by atoms with Gasteiger partial charge in [0.1, 0.15) is 11.8 Å². The van der Waals surface area contributed by atoms with E-state index in [1.54, 1.807) is 19.2 Å². The molecule has 35 heavy (non-hydrogen) atoms. The SMILES string of the molecule is CCCCNC(=O)[C@@H](CC)N(Cc1ccc(OC)cc1)C(=O)CN(C)S(=O)(=O)c1ccc(Cl)cc1. The first-order valence-corrected chi connectivity index (χ1v) is 13.4. The number of amides is 2. The molecule has 0 radical (unpaired) electrons. The summed E-state index contributed by atoms with van der Waals surface area (Å²) in [6, 6.07) is 12.2. The molecule has 0 fully saturated rings. The number of hydrogen-bond acceptors (Lipinski definition) is 5. The van der Waals surface area contributed by atoms with E-state index in [0.717, 1.165) is 22.7 Å². The lowest BCUT2D eigenvalue weighted by Gasteiger charge is -2.32. The summed E-state index contributed by atoms with van der Waals surface area (Å²) in [6.45, 7) is 4.10. The molecule has 0 spiro atoms. The highest BCUT2D eigenvalue weighted by Gasteiger charge is 2.31. The Labute approximate surface area is 213 Å². The number of hydrogen-bond donors (Lipinski definition) is 1. The zero-order valence-corrected chi connectivity index (χ0v) is 22.2. The van der Waals surface area contributed by atoms with Gasteiger partial charge in [-0.3, -0.25) is 9.59 Å². The average Bonchev–Trinajstić information content (AvgIpc) is 2.84. The van der Waals surface area contributed by atoms with Gasteiger partial charge in [0.15, 0.2) is 0 Å². The molecule has 0 heterocycles. The summed E-state index contributed by atoms with van der Waals surface area (Å²) in [5, 5.41) is 3.30. The van der Waals surface area contributed by atoms with Gasteiger partial charge in [0.05, 0.1) is 18.6 Å². The smallest absolute Gasteiger partial charge is 0.243 e. The van der Waals surface area contributed by atoms with Gasteiger partial charge >= 0.3 is 0 Å². The van der Waals surface area contributed by atoms with Crippen molar-refractivity contribution >= 4 is 33.4 Å². The van der Waals surface area contributed by atoms with Crippen LogP contribution in [0.25, 0.3) is 0 Å². The van der Waals surface area contributed by atoms with Crippen molar-refractivity contribution in [3.63, 3.8) is 0 Å². The monoisotopic (exact) mass is 523 g/mol. The fourth-order valence-corrected chi connectivity index (χ4v) is 4.75. The van der Waals surface area contributed by atoms with Crippen LogP contribution in [-0.4, -0.2) is 62.7 Å². The van der Waals surface area contributed by atoms with Crippen LogP contribution in [0.3, 0.4) is 0 Å². The molecule has 0 unspecified atom stereocenters. The third-order valence-electron chi connectivity index (χ3n) is 5.61. The number of carbonyl (C=O) groups is 2. The highest BCUT2D eigenvalue weighted by atomic mass is 35.5. The molecule has 0 aliphatic heterocycles. The first-order chi connectivity index (χ1) is 16.6. The van der Waals surface area contributed by atoms with Crippen molar-refractivity contribution in [3.05, 3.63) is 59.1 Å². The Kier molecular flexibility index (Phi) is 11.0. The summed E-state index contributed by atoms with van der Waals surface area (Å²) in [7, 11) is -1.02. The lowest BCUT2D eigenvalue weighted by Crippen LogP contribution is -2.51. The van der Waals surface area contributed by atoms with E-state index in [0.29, 0.717) is 23.7 Å². The maximum Gasteiger partial charge on any atom is 0.243 e. The van der Waals surface area contributed by atoms with Crippen LogP contribution in [0.5, 0.6) is 5.75 Å². The fourth-order valence-electron chi connectivity index (χ4n) is 3.51. The van der Waals surface area contributed by atoms with Gasteiger partial charge < -0.3 is 15.0 Å². The van der Waals surface area contributed by atoms with Crippen molar-refractivity contribution in [2.45, 2.75) is 50.6 Å². The standard InChI is InChI=1S/C25H34ClN3O5S/c1-5-7-16-27-25(31)23(6-2)29(17-19-8-12-21(34-4)13-9-19)24(30)18-28(3)35(32,33)22-14-10-20(26)11-15-22/h8-15,23H,5-7,16-18H2,1-4H3,(H,27,31)/t23-/m1/s1. The molecular formula is C25H34ClN3O5S. The molecule has 1 atom stereocenters. The minimum Gasteiger partial charge on any atom is -0.497 e. The van der Waals surface area contributed by atoms with Gasteiger partial charge in [-0.05, 0) is 54.8 Å². The van der Waals surface area contributed by atoms with Crippen LogP contribution in [0, 0.1) is 0 Å². The number of unbranched alkanes of at least 4 members (excludes halogenated alkanes) is 1. The number of carbonyl (C=O) groups excluding carboxylic acids is 2. The van der Waals surface area contributed by atoms with Gasteiger partial charge in [0, 0.05) is 25.2 Å². The lowest BCUT2D eigenvalue weighted by molar-refractivity contribution is -0.141. The maximum atomic E-state index is 13.4. The maximum absolute atomic E-state index is 13.4. The average molecular weight is 524 g/mol. The van der Waals surface area contributed by atoms with Crippen molar-refractivity contribution in [3.8, 4) is 5.75 Å². The first kappa shape index (κ1) is 28.6. The zero-order valence-electron chi connectivity index (χ0n) is 20.7. The largest absolute Gasteiger partial charge is 0.497 e. The summed E-state index contributed by atoms with van der Waals surface area (Å²) < 4.78 is 32.2. The fraction of sp³-hybridized carbons (Fsp3) is 0.440. The Morgan fingerprint density at radius 3 is 2.23 bits per heavy atom. The van der Waals surface area contributed by atoms with Gasteiger partial charge in [-0.2, -0.15) is 4.31 Å². The van der Waals surface area contributed by atoms with E-state index >= 15 is 0 Å². The molecular weight excluding hydrogens is 490 g/mol. The second kappa shape index (κ2) is 13.5. The molecule has 2 aromatic carbocycles. The summed E-state index contributed by atoms with van der Waals surface area (Å²) in [5.41, 5.74) is 0.794. The van der Waals surface area contributed by atoms with Crippen LogP contribution in [0.2, 0.25) is 5.02 Å². The number of halogens is 1. The van der Waals surface area contributed by atoms with Crippen molar-refractivity contribution in [2.75, 3.05) is 27.2 Å². The predicted molar refractivity (Wildman–Crippen MR) is 137 cm³/mol. The third kappa shape index (κ3) is 7.95.